The second-order valence-electron chi connectivity index (χ2n) is 6.58. The van der Waals surface area contributed by atoms with Gasteiger partial charge in [-0.3, -0.25) is 10.1 Å². The molecule has 126 valence electrons. The fraction of sp³-hybridized carbons (Fsp3) is 0.625. The first-order valence-electron chi connectivity index (χ1n) is 8.18. The lowest BCUT2D eigenvalue weighted by atomic mass is 9.79. The molecule has 2 unspecified atom stereocenters. The van der Waals surface area contributed by atoms with Crippen LogP contribution < -0.4 is 0 Å². The molecule has 1 aromatic rings. The molecule has 0 spiro atoms. The molecule has 1 aliphatic heterocycles. The minimum absolute atomic E-state index is 0.0426. The first-order chi connectivity index (χ1) is 10.9. The molecule has 1 aliphatic carbocycles. The maximum atomic E-state index is 13.0. The van der Waals surface area contributed by atoms with Gasteiger partial charge in [0.05, 0.1) is 9.82 Å². The van der Waals surface area contributed by atoms with Crippen molar-refractivity contribution in [3.05, 3.63) is 33.9 Å². The smallest absolute Gasteiger partial charge is 0.258 e. The van der Waals surface area contributed by atoms with Crippen molar-refractivity contribution in [2.24, 2.45) is 5.92 Å². The molecule has 7 heteroatoms. The van der Waals surface area contributed by atoms with E-state index in [1.165, 1.54) is 24.6 Å². The van der Waals surface area contributed by atoms with E-state index in [4.69, 9.17) is 0 Å². The molecule has 23 heavy (non-hydrogen) atoms. The molecule has 0 amide bonds. The fourth-order valence-electron chi connectivity index (χ4n) is 3.96. The molecule has 1 aromatic carbocycles. The Kier molecular flexibility index (Phi) is 4.42. The van der Waals surface area contributed by atoms with Crippen molar-refractivity contribution in [1.29, 1.82) is 0 Å². The van der Waals surface area contributed by atoms with Crippen LogP contribution in [0.3, 0.4) is 0 Å². The highest BCUT2D eigenvalue weighted by atomic mass is 32.2. The van der Waals surface area contributed by atoms with Crippen molar-refractivity contribution < 1.29 is 13.3 Å². The quantitative estimate of drug-likeness (QED) is 0.626. The van der Waals surface area contributed by atoms with E-state index in [1.54, 1.807) is 11.2 Å². The maximum absolute atomic E-state index is 13.0. The molecule has 2 atom stereocenters. The molecule has 2 aliphatic rings. The fourth-order valence-corrected chi connectivity index (χ4v) is 5.73. The van der Waals surface area contributed by atoms with Gasteiger partial charge in [0.15, 0.2) is 0 Å². The van der Waals surface area contributed by atoms with Crippen LogP contribution in [0, 0.1) is 23.0 Å². The molecule has 1 heterocycles. The summed E-state index contributed by atoms with van der Waals surface area (Å²) in [6, 6.07) is 4.27. The van der Waals surface area contributed by atoms with E-state index in [0.717, 1.165) is 32.1 Å². The van der Waals surface area contributed by atoms with Crippen LogP contribution in [0.1, 0.15) is 44.1 Å². The number of sulfonamides is 1. The number of hydrogen-bond donors (Lipinski definition) is 0. The highest BCUT2D eigenvalue weighted by Gasteiger charge is 2.40. The molecule has 2 fully saturated rings. The van der Waals surface area contributed by atoms with Gasteiger partial charge in [0.25, 0.3) is 5.69 Å². The lowest BCUT2D eigenvalue weighted by Gasteiger charge is -2.43. The van der Waals surface area contributed by atoms with Gasteiger partial charge in [-0.2, -0.15) is 4.31 Å². The number of piperidine rings is 1. The van der Waals surface area contributed by atoms with Crippen LogP contribution in [0.25, 0.3) is 0 Å². The molecule has 3 rings (SSSR count). The van der Waals surface area contributed by atoms with Crippen LogP contribution in [-0.2, 0) is 10.0 Å². The van der Waals surface area contributed by atoms with E-state index in [1.807, 2.05) is 0 Å². The first kappa shape index (κ1) is 16.4. The predicted octanol–water partition coefficient (Wildman–Crippen LogP) is 3.25. The number of benzene rings is 1. The zero-order chi connectivity index (χ0) is 16.6. The standard InChI is InChI=1S/C16H22N2O4S/c1-12-8-9-14(11-16(12)18(19)20)23(21,22)17-10-4-6-13-5-2-3-7-15(13)17/h8-9,11,13,15H,2-7,10H2,1H3. The number of hydrogen-bond acceptors (Lipinski definition) is 4. The van der Waals surface area contributed by atoms with Gasteiger partial charge in [-0.1, -0.05) is 18.9 Å². The van der Waals surface area contributed by atoms with E-state index in [2.05, 4.69) is 0 Å². The van der Waals surface area contributed by atoms with Gasteiger partial charge < -0.3 is 0 Å². The van der Waals surface area contributed by atoms with Gasteiger partial charge in [0, 0.05) is 24.2 Å². The van der Waals surface area contributed by atoms with Crippen molar-refractivity contribution in [3.8, 4) is 0 Å². The molecule has 1 saturated heterocycles. The Labute approximate surface area is 136 Å². The largest absolute Gasteiger partial charge is 0.273 e. The number of fused-ring (bicyclic) bond motifs is 1. The number of rotatable bonds is 3. The molecule has 0 aromatic heterocycles. The van der Waals surface area contributed by atoms with E-state index in [0.29, 0.717) is 18.0 Å². The van der Waals surface area contributed by atoms with E-state index < -0.39 is 14.9 Å². The number of nitro groups is 1. The minimum atomic E-state index is -3.68. The molecule has 0 radical (unpaired) electrons. The third kappa shape index (κ3) is 2.99. The second kappa shape index (κ2) is 6.20. The lowest BCUT2D eigenvalue weighted by molar-refractivity contribution is -0.385. The Bertz CT molecular complexity index is 715. The molecule has 1 saturated carbocycles. The minimum Gasteiger partial charge on any atom is -0.258 e. The van der Waals surface area contributed by atoms with Crippen LogP contribution in [0.4, 0.5) is 5.69 Å². The summed E-state index contributed by atoms with van der Waals surface area (Å²) >= 11 is 0. The average Bonchev–Trinajstić information content (AvgIpc) is 2.54. The van der Waals surface area contributed by atoms with Crippen LogP contribution in [0.5, 0.6) is 0 Å². The van der Waals surface area contributed by atoms with Crippen molar-refractivity contribution in [2.45, 2.75) is 56.4 Å². The number of nitrogens with zero attached hydrogens (tertiary/aromatic N) is 2. The molecule has 0 N–H and O–H groups in total. The van der Waals surface area contributed by atoms with E-state index in [-0.39, 0.29) is 16.6 Å². The van der Waals surface area contributed by atoms with Crippen LogP contribution >= 0.6 is 0 Å². The normalized spacial score (nSPS) is 25.8. The summed E-state index contributed by atoms with van der Waals surface area (Å²) in [7, 11) is -3.68. The number of aryl methyl sites for hydroxylation is 1. The summed E-state index contributed by atoms with van der Waals surface area (Å²) in [6.45, 7) is 2.14. The van der Waals surface area contributed by atoms with E-state index >= 15 is 0 Å². The summed E-state index contributed by atoms with van der Waals surface area (Å²) in [6.07, 6.45) is 6.17. The third-order valence-electron chi connectivity index (χ3n) is 5.18. The van der Waals surface area contributed by atoms with Crippen molar-refractivity contribution >= 4 is 15.7 Å². The monoisotopic (exact) mass is 338 g/mol. The highest BCUT2D eigenvalue weighted by molar-refractivity contribution is 7.89. The van der Waals surface area contributed by atoms with Gasteiger partial charge in [-0.25, -0.2) is 8.42 Å². The average molecular weight is 338 g/mol. The predicted molar refractivity (Wildman–Crippen MR) is 86.7 cm³/mol. The van der Waals surface area contributed by atoms with Crippen LogP contribution in [0.2, 0.25) is 0 Å². The van der Waals surface area contributed by atoms with Gasteiger partial charge in [-0.05, 0) is 44.6 Å². The van der Waals surface area contributed by atoms with Crippen molar-refractivity contribution in [3.63, 3.8) is 0 Å². The Balaban J connectivity index is 1.97. The van der Waals surface area contributed by atoms with Crippen LogP contribution in [-0.4, -0.2) is 30.2 Å². The third-order valence-corrected chi connectivity index (χ3v) is 7.10. The maximum Gasteiger partial charge on any atom is 0.273 e. The van der Waals surface area contributed by atoms with Crippen molar-refractivity contribution in [2.75, 3.05) is 6.54 Å². The van der Waals surface area contributed by atoms with Gasteiger partial charge in [-0.15, -0.1) is 0 Å². The highest BCUT2D eigenvalue weighted by Crippen LogP contribution is 2.38. The SMILES string of the molecule is Cc1ccc(S(=O)(=O)N2CCCC3CCCCC32)cc1[N+](=O)[O-]. The molecular formula is C16H22N2O4S. The summed E-state index contributed by atoms with van der Waals surface area (Å²) in [5.74, 6) is 0.438. The lowest BCUT2D eigenvalue weighted by Crippen LogP contribution is -2.49. The van der Waals surface area contributed by atoms with Crippen molar-refractivity contribution in [1.82, 2.24) is 4.31 Å². The number of nitro benzene ring substituents is 1. The summed E-state index contributed by atoms with van der Waals surface area (Å²) in [5.41, 5.74) is 0.339. The first-order valence-corrected chi connectivity index (χ1v) is 9.62. The summed E-state index contributed by atoms with van der Waals surface area (Å²) < 4.78 is 27.7. The summed E-state index contributed by atoms with van der Waals surface area (Å²) in [4.78, 5) is 10.6. The molecule has 6 nitrogen and oxygen atoms in total. The second-order valence-corrected chi connectivity index (χ2v) is 8.47. The molecular weight excluding hydrogens is 316 g/mol. The zero-order valence-electron chi connectivity index (χ0n) is 13.3. The van der Waals surface area contributed by atoms with Gasteiger partial charge in [0.2, 0.25) is 10.0 Å². The van der Waals surface area contributed by atoms with Crippen LogP contribution in [0.15, 0.2) is 23.1 Å². The Morgan fingerprint density at radius 2 is 1.87 bits per heavy atom. The zero-order valence-corrected chi connectivity index (χ0v) is 14.1. The Morgan fingerprint density at radius 3 is 2.61 bits per heavy atom. The summed E-state index contributed by atoms with van der Waals surface area (Å²) in [5, 5.41) is 11.1. The molecule has 0 bridgehead atoms. The van der Waals surface area contributed by atoms with Gasteiger partial charge in [0.1, 0.15) is 0 Å². The Morgan fingerprint density at radius 1 is 1.17 bits per heavy atom. The Hall–Kier alpha value is -1.47. The topological polar surface area (TPSA) is 80.5 Å². The van der Waals surface area contributed by atoms with Gasteiger partial charge >= 0.3 is 0 Å². The van der Waals surface area contributed by atoms with E-state index in [9.17, 15) is 18.5 Å².